The molecular formula is C23H15N7O5. The predicted molar refractivity (Wildman–Crippen MR) is 128 cm³/mol. The minimum absolute atomic E-state index is 0.0239. The van der Waals surface area contributed by atoms with Crippen LogP contribution in [-0.4, -0.2) is 24.9 Å². The number of hydrogen-bond acceptors (Lipinski definition) is 7. The maximum Gasteiger partial charge on any atom is 0.299 e. The van der Waals surface area contributed by atoms with Gasteiger partial charge in [-0.1, -0.05) is 24.3 Å². The van der Waals surface area contributed by atoms with Gasteiger partial charge in [0, 0.05) is 17.7 Å². The molecule has 0 saturated carbocycles. The van der Waals surface area contributed by atoms with Gasteiger partial charge in [0.05, 0.1) is 32.8 Å². The van der Waals surface area contributed by atoms with Crippen LogP contribution in [0, 0.1) is 10.1 Å². The number of aromatic nitrogens is 4. The van der Waals surface area contributed by atoms with Crippen molar-refractivity contribution in [3.63, 3.8) is 0 Å². The van der Waals surface area contributed by atoms with E-state index in [1.165, 1.54) is 41.1 Å². The lowest BCUT2D eigenvalue weighted by molar-refractivity contribution is -0.384. The fourth-order valence-electron chi connectivity index (χ4n) is 3.63. The van der Waals surface area contributed by atoms with Crippen molar-refractivity contribution in [2.45, 2.75) is 0 Å². The first-order valence-corrected chi connectivity index (χ1v) is 10.2. The molecule has 3 aromatic carbocycles. The molecule has 0 unspecified atom stereocenters. The van der Waals surface area contributed by atoms with Crippen LogP contribution in [-0.2, 0) is 0 Å². The molecular weight excluding hydrogens is 454 g/mol. The van der Waals surface area contributed by atoms with E-state index in [1.54, 1.807) is 36.4 Å². The van der Waals surface area contributed by atoms with Gasteiger partial charge in [0.1, 0.15) is 0 Å². The first-order valence-electron chi connectivity index (χ1n) is 10.2. The molecule has 0 radical (unpaired) electrons. The molecule has 5 aromatic rings. The van der Waals surface area contributed by atoms with E-state index in [-0.39, 0.29) is 33.5 Å². The van der Waals surface area contributed by atoms with E-state index in [0.717, 1.165) is 0 Å². The second-order valence-electron chi connectivity index (χ2n) is 7.42. The van der Waals surface area contributed by atoms with Gasteiger partial charge < -0.3 is 0 Å². The number of H-pyrrole nitrogens is 3. The number of benzene rings is 3. The second-order valence-corrected chi connectivity index (χ2v) is 7.42. The number of para-hydroxylation sites is 1. The fraction of sp³-hybridized carbons (Fsp3) is 0. The van der Waals surface area contributed by atoms with Crippen LogP contribution < -0.4 is 16.7 Å². The number of non-ortho nitro benzene ring substituents is 1. The van der Waals surface area contributed by atoms with E-state index in [1.807, 2.05) is 0 Å². The van der Waals surface area contributed by atoms with Crippen molar-refractivity contribution >= 4 is 27.8 Å². The van der Waals surface area contributed by atoms with Gasteiger partial charge in [-0.3, -0.25) is 39.8 Å². The van der Waals surface area contributed by atoms with Crippen LogP contribution in [0.2, 0.25) is 0 Å². The Labute approximate surface area is 194 Å². The highest BCUT2D eigenvalue weighted by Gasteiger charge is 2.18. The average molecular weight is 469 g/mol. The van der Waals surface area contributed by atoms with Crippen molar-refractivity contribution in [1.82, 2.24) is 20.0 Å². The average Bonchev–Trinajstić information content (AvgIpc) is 3.21. The third-order valence-electron chi connectivity index (χ3n) is 5.31. The summed E-state index contributed by atoms with van der Waals surface area (Å²) in [5, 5.41) is 26.9. The SMILES string of the molecule is O=c1[nH][nH]c(=O)c2c(N=Nc3c(-c4ccc([N+](=O)[O-])cc4)[nH]n(-c4ccccc4)c3=O)cccc12. The number of nitro groups is 1. The fourth-order valence-corrected chi connectivity index (χ4v) is 3.63. The number of rotatable bonds is 5. The predicted octanol–water partition coefficient (Wildman–Crippen LogP) is 3.69. The molecule has 0 atom stereocenters. The molecule has 12 heteroatoms. The van der Waals surface area contributed by atoms with Crippen LogP contribution in [0.4, 0.5) is 17.1 Å². The molecule has 172 valence electrons. The smallest absolute Gasteiger partial charge is 0.288 e. The molecule has 0 aliphatic rings. The summed E-state index contributed by atoms with van der Waals surface area (Å²) in [6.45, 7) is 0. The van der Waals surface area contributed by atoms with Crippen LogP contribution in [0.15, 0.2) is 97.4 Å². The Morgan fingerprint density at radius 1 is 0.800 bits per heavy atom. The van der Waals surface area contributed by atoms with E-state index < -0.39 is 21.6 Å². The lowest BCUT2D eigenvalue weighted by atomic mass is 10.1. The molecule has 2 aromatic heterocycles. The molecule has 0 saturated heterocycles. The largest absolute Gasteiger partial charge is 0.299 e. The molecule has 0 aliphatic heterocycles. The molecule has 0 spiro atoms. The van der Waals surface area contributed by atoms with Crippen LogP contribution in [0.5, 0.6) is 0 Å². The van der Waals surface area contributed by atoms with Gasteiger partial charge in [-0.25, -0.2) is 4.68 Å². The summed E-state index contributed by atoms with van der Waals surface area (Å²) >= 11 is 0. The summed E-state index contributed by atoms with van der Waals surface area (Å²) in [7, 11) is 0. The molecule has 2 heterocycles. The molecule has 5 rings (SSSR count). The molecule has 0 bridgehead atoms. The minimum Gasteiger partial charge on any atom is -0.288 e. The van der Waals surface area contributed by atoms with Crippen molar-refractivity contribution in [3.8, 4) is 16.9 Å². The van der Waals surface area contributed by atoms with Crippen LogP contribution in [0.3, 0.4) is 0 Å². The molecule has 35 heavy (non-hydrogen) atoms. The van der Waals surface area contributed by atoms with E-state index in [2.05, 4.69) is 25.5 Å². The van der Waals surface area contributed by atoms with Crippen molar-refractivity contribution in [3.05, 3.63) is 114 Å². The highest BCUT2D eigenvalue weighted by molar-refractivity contribution is 5.90. The summed E-state index contributed by atoms with van der Waals surface area (Å²) in [5.41, 5.74) is -0.431. The van der Waals surface area contributed by atoms with Gasteiger partial charge in [0.2, 0.25) is 0 Å². The zero-order valence-corrected chi connectivity index (χ0v) is 17.8. The standard InChI is InChI=1S/C23H15N7O5/c31-21-16-7-4-8-17(18(16)22(32)27-26-21)24-25-20-19(13-9-11-15(12-10-13)30(34)35)28-29(23(20)33)14-5-2-1-3-6-14/h1-12,28H,(H,26,31)(H,27,32). The Kier molecular flexibility index (Phi) is 5.22. The monoisotopic (exact) mass is 469 g/mol. The van der Waals surface area contributed by atoms with E-state index in [4.69, 9.17) is 0 Å². The van der Waals surface area contributed by atoms with Crippen LogP contribution >= 0.6 is 0 Å². The topological polar surface area (TPSA) is 171 Å². The number of nitrogens with zero attached hydrogens (tertiary/aromatic N) is 4. The summed E-state index contributed by atoms with van der Waals surface area (Å²) < 4.78 is 1.27. The van der Waals surface area contributed by atoms with Gasteiger partial charge >= 0.3 is 0 Å². The minimum atomic E-state index is -0.569. The molecule has 12 nitrogen and oxygen atoms in total. The third kappa shape index (κ3) is 3.84. The second kappa shape index (κ2) is 8.51. The van der Waals surface area contributed by atoms with Gasteiger partial charge in [-0.2, -0.15) is 0 Å². The number of aromatic amines is 3. The van der Waals surface area contributed by atoms with Crippen molar-refractivity contribution in [2.24, 2.45) is 10.2 Å². The highest BCUT2D eigenvalue weighted by Crippen LogP contribution is 2.30. The van der Waals surface area contributed by atoms with Gasteiger partial charge in [0.25, 0.3) is 22.4 Å². The number of hydrogen-bond donors (Lipinski definition) is 3. The van der Waals surface area contributed by atoms with Crippen LogP contribution in [0.1, 0.15) is 0 Å². The van der Waals surface area contributed by atoms with Gasteiger partial charge in [0.15, 0.2) is 5.69 Å². The van der Waals surface area contributed by atoms with Gasteiger partial charge in [-0.05, 0) is 36.4 Å². The lowest BCUT2D eigenvalue weighted by Gasteiger charge is -2.01. The third-order valence-corrected chi connectivity index (χ3v) is 5.31. The van der Waals surface area contributed by atoms with E-state index in [0.29, 0.717) is 11.3 Å². The quantitative estimate of drug-likeness (QED) is 0.202. The zero-order valence-electron chi connectivity index (χ0n) is 17.8. The normalized spacial score (nSPS) is 11.3. The first kappa shape index (κ1) is 21.5. The van der Waals surface area contributed by atoms with Crippen molar-refractivity contribution < 1.29 is 4.92 Å². The van der Waals surface area contributed by atoms with Gasteiger partial charge in [-0.15, -0.1) is 10.2 Å². The maximum atomic E-state index is 13.3. The Hall–Kier alpha value is -5.39. The van der Waals surface area contributed by atoms with Crippen molar-refractivity contribution in [2.75, 3.05) is 0 Å². The number of fused-ring (bicyclic) bond motifs is 1. The Bertz CT molecular complexity index is 1780. The lowest BCUT2D eigenvalue weighted by Crippen LogP contribution is -2.18. The number of nitrogens with one attached hydrogen (secondary N) is 3. The maximum absolute atomic E-state index is 13.3. The van der Waals surface area contributed by atoms with E-state index in [9.17, 15) is 24.5 Å². The van der Waals surface area contributed by atoms with Crippen molar-refractivity contribution in [1.29, 1.82) is 0 Å². The number of azo groups is 1. The summed E-state index contributed by atoms with van der Waals surface area (Å²) in [5.74, 6) is 0. The molecule has 0 aliphatic carbocycles. The summed E-state index contributed by atoms with van der Waals surface area (Å²) in [6.07, 6.45) is 0. The zero-order chi connectivity index (χ0) is 24.5. The Balaban J connectivity index is 1.70. The molecule has 3 N–H and O–H groups in total. The Morgan fingerprint density at radius 2 is 1.51 bits per heavy atom. The highest BCUT2D eigenvalue weighted by atomic mass is 16.6. The van der Waals surface area contributed by atoms with E-state index >= 15 is 0 Å². The summed E-state index contributed by atoms with van der Waals surface area (Å²) in [4.78, 5) is 48.2. The van der Waals surface area contributed by atoms with Crippen LogP contribution in [0.25, 0.3) is 27.7 Å². The number of nitro benzene ring substituents is 1. The molecule has 0 amide bonds. The Morgan fingerprint density at radius 3 is 2.23 bits per heavy atom. The molecule has 0 fully saturated rings. The summed E-state index contributed by atoms with van der Waals surface area (Å²) in [6, 6.07) is 18.9. The first-order chi connectivity index (χ1) is 16.9.